The zero-order valence-electron chi connectivity index (χ0n) is 12.6. The van der Waals surface area contributed by atoms with Crippen molar-refractivity contribution in [2.45, 2.75) is 24.9 Å². The number of aromatic nitrogens is 2. The van der Waals surface area contributed by atoms with Gasteiger partial charge in [0.2, 0.25) is 0 Å². The number of hydrogen-bond donors (Lipinski definition) is 3. The van der Waals surface area contributed by atoms with Crippen molar-refractivity contribution in [3.63, 3.8) is 0 Å². The third-order valence-electron chi connectivity index (χ3n) is 3.92. The highest BCUT2D eigenvalue weighted by Gasteiger charge is 2.28. The van der Waals surface area contributed by atoms with Crippen LogP contribution in [-0.4, -0.2) is 47.0 Å². The van der Waals surface area contributed by atoms with E-state index in [4.69, 9.17) is 4.52 Å². The number of β-amino-alcohol motifs (C(OH)–C–C–N with tert-alkyl or cyclic N) is 1. The van der Waals surface area contributed by atoms with Crippen LogP contribution in [-0.2, 0) is 6.42 Å². The molecule has 1 aliphatic rings. The summed E-state index contributed by atoms with van der Waals surface area (Å²) in [6.45, 7) is 2.95. The maximum Gasteiger partial charge on any atom is 0.257 e. The van der Waals surface area contributed by atoms with Crippen LogP contribution in [0.2, 0.25) is 0 Å². The van der Waals surface area contributed by atoms with Gasteiger partial charge in [0.15, 0.2) is 5.82 Å². The molecule has 2 aromatic rings. The smallest absolute Gasteiger partial charge is 0.257 e. The predicted molar refractivity (Wildman–Crippen MR) is 83.4 cm³/mol. The molecule has 1 saturated heterocycles. The first-order valence-electron chi connectivity index (χ1n) is 7.77. The number of rotatable bonds is 6. The van der Waals surface area contributed by atoms with Crippen LogP contribution in [0.25, 0.3) is 11.5 Å². The molecule has 0 bridgehead atoms. The van der Waals surface area contributed by atoms with E-state index in [0.717, 1.165) is 31.5 Å². The Morgan fingerprint density at radius 1 is 1.32 bits per heavy atom. The van der Waals surface area contributed by atoms with Crippen molar-refractivity contribution in [1.82, 2.24) is 20.8 Å². The van der Waals surface area contributed by atoms with Crippen LogP contribution in [0.3, 0.4) is 0 Å². The molecule has 0 radical (unpaired) electrons. The molecule has 0 unspecified atom stereocenters. The van der Waals surface area contributed by atoms with Crippen LogP contribution < -0.4 is 10.6 Å². The molecule has 1 atom stereocenters. The van der Waals surface area contributed by atoms with Gasteiger partial charge in [-0.1, -0.05) is 23.4 Å². The van der Waals surface area contributed by atoms with Gasteiger partial charge < -0.3 is 20.3 Å². The minimum atomic E-state index is -0.634. The lowest BCUT2D eigenvalue weighted by Gasteiger charge is -2.32. The van der Waals surface area contributed by atoms with Crippen molar-refractivity contribution in [3.8, 4) is 11.5 Å². The topological polar surface area (TPSA) is 83.2 Å². The van der Waals surface area contributed by atoms with Crippen LogP contribution in [0, 0.1) is 0 Å². The zero-order chi connectivity index (χ0) is 15.3. The molecule has 22 heavy (non-hydrogen) atoms. The second-order valence-electron chi connectivity index (χ2n) is 5.81. The molecular formula is C16H22N4O2. The molecule has 1 aromatic carbocycles. The van der Waals surface area contributed by atoms with E-state index in [1.165, 1.54) is 0 Å². The average Bonchev–Trinajstić information content (AvgIpc) is 3.02. The summed E-state index contributed by atoms with van der Waals surface area (Å²) in [4.78, 5) is 4.39. The van der Waals surface area contributed by atoms with Gasteiger partial charge in [-0.25, -0.2) is 0 Å². The van der Waals surface area contributed by atoms with Crippen LogP contribution in [0.5, 0.6) is 0 Å². The predicted octanol–water partition coefficient (Wildman–Crippen LogP) is 0.983. The van der Waals surface area contributed by atoms with Crippen molar-refractivity contribution in [2.75, 3.05) is 26.2 Å². The molecule has 1 aliphatic heterocycles. The van der Waals surface area contributed by atoms with Gasteiger partial charge in [0, 0.05) is 31.6 Å². The standard InChI is InChI=1S/C16H22N4O2/c21-16(8-4-9-17-11-16)12-18-10-7-14-19-15(22-20-14)13-5-2-1-3-6-13/h1-3,5-6,17-18,21H,4,7-12H2/t16-/m0/s1. The van der Waals surface area contributed by atoms with Gasteiger partial charge in [0.25, 0.3) is 5.89 Å². The molecule has 0 amide bonds. The van der Waals surface area contributed by atoms with Gasteiger partial charge >= 0.3 is 0 Å². The Hall–Kier alpha value is -1.76. The summed E-state index contributed by atoms with van der Waals surface area (Å²) < 4.78 is 5.27. The van der Waals surface area contributed by atoms with Crippen LogP contribution in [0.1, 0.15) is 18.7 Å². The maximum atomic E-state index is 10.3. The molecule has 3 rings (SSSR count). The number of piperidine rings is 1. The molecule has 118 valence electrons. The van der Waals surface area contributed by atoms with Crippen LogP contribution in [0.15, 0.2) is 34.9 Å². The van der Waals surface area contributed by atoms with Crippen molar-refractivity contribution in [1.29, 1.82) is 0 Å². The number of hydrogen-bond acceptors (Lipinski definition) is 6. The summed E-state index contributed by atoms with van der Waals surface area (Å²) in [7, 11) is 0. The lowest BCUT2D eigenvalue weighted by atomic mass is 9.94. The fourth-order valence-electron chi connectivity index (χ4n) is 2.68. The number of nitrogens with one attached hydrogen (secondary N) is 2. The number of nitrogens with zero attached hydrogens (tertiary/aromatic N) is 2. The first-order valence-corrected chi connectivity index (χ1v) is 7.77. The third-order valence-corrected chi connectivity index (χ3v) is 3.92. The summed E-state index contributed by atoms with van der Waals surface area (Å²) >= 11 is 0. The minimum Gasteiger partial charge on any atom is -0.387 e. The van der Waals surface area contributed by atoms with Crippen LogP contribution >= 0.6 is 0 Å². The minimum absolute atomic E-state index is 0.547. The second-order valence-corrected chi connectivity index (χ2v) is 5.81. The van der Waals surface area contributed by atoms with E-state index in [2.05, 4.69) is 20.8 Å². The van der Waals surface area contributed by atoms with E-state index in [-0.39, 0.29) is 0 Å². The molecule has 1 fully saturated rings. The van der Waals surface area contributed by atoms with Crippen LogP contribution in [0.4, 0.5) is 0 Å². The second kappa shape index (κ2) is 7.00. The highest BCUT2D eigenvalue weighted by molar-refractivity contribution is 5.51. The third kappa shape index (κ3) is 3.91. The van der Waals surface area contributed by atoms with E-state index >= 15 is 0 Å². The summed E-state index contributed by atoms with van der Waals surface area (Å²) in [6, 6.07) is 9.73. The molecular weight excluding hydrogens is 280 g/mol. The fraction of sp³-hybridized carbons (Fsp3) is 0.500. The van der Waals surface area contributed by atoms with Gasteiger partial charge in [-0.15, -0.1) is 0 Å². The Balaban J connectivity index is 1.45. The Kier molecular flexibility index (Phi) is 4.82. The first kappa shape index (κ1) is 15.1. The Morgan fingerprint density at radius 3 is 2.95 bits per heavy atom. The van der Waals surface area contributed by atoms with Gasteiger partial charge in [0.1, 0.15) is 0 Å². The lowest BCUT2D eigenvalue weighted by molar-refractivity contribution is 0.0174. The summed E-state index contributed by atoms with van der Waals surface area (Å²) in [5.74, 6) is 1.23. The fourth-order valence-corrected chi connectivity index (χ4v) is 2.68. The van der Waals surface area contributed by atoms with Gasteiger partial charge in [-0.05, 0) is 31.5 Å². The maximum absolute atomic E-state index is 10.3. The Bertz CT molecular complexity index is 579. The largest absolute Gasteiger partial charge is 0.387 e. The van der Waals surface area contributed by atoms with Gasteiger partial charge in [-0.3, -0.25) is 0 Å². The molecule has 1 aromatic heterocycles. The first-order chi connectivity index (χ1) is 10.8. The van der Waals surface area contributed by atoms with E-state index in [1.54, 1.807) is 0 Å². The van der Waals surface area contributed by atoms with Gasteiger partial charge in [-0.2, -0.15) is 4.98 Å². The SMILES string of the molecule is O[C@@]1(CNCCc2noc(-c3ccccc3)n2)CCCNC1. The summed E-state index contributed by atoms with van der Waals surface area (Å²) in [5, 5.41) is 20.8. The molecule has 6 heteroatoms. The van der Waals surface area contributed by atoms with E-state index in [0.29, 0.717) is 31.2 Å². The Morgan fingerprint density at radius 2 is 2.18 bits per heavy atom. The summed E-state index contributed by atoms with van der Waals surface area (Å²) in [5.41, 5.74) is 0.293. The van der Waals surface area contributed by atoms with E-state index < -0.39 is 5.60 Å². The number of benzene rings is 1. The van der Waals surface area contributed by atoms with Crippen molar-refractivity contribution >= 4 is 0 Å². The quantitative estimate of drug-likeness (QED) is 0.690. The number of aliphatic hydroxyl groups is 1. The molecule has 6 nitrogen and oxygen atoms in total. The molecule has 2 heterocycles. The molecule has 0 aliphatic carbocycles. The highest BCUT2D eigenvalue weighted by atomic mass is 16.5. The Labute approximate surface area is 129 Å². The van der Waals surface area contributed by atoms with Crippen molar-refractivity contribution in [2.24, 2.45) is 0 Å². The van der Waals surface area contributed by atoms with E-state index in [1.807, 2.05) is 30.3 Å². The highest BCUT2D eigenvalue weighted by Crippen LogP contribution is 2.16. The molecule has 0 spiro atoms. The normalized spacial score (nSPS) is 21.9. The molecule has 0 saturated carbocycles. The van der Waals surface area contributed by atoms with Crippen molar-refractivity contribution < 1.29 is 9.63 Å². The van der Waals surface area contributed by atoms with Gasteiger partial charge in [0.05, 0.1) is 5.60 Å². The lowest BCUT2D eigenvalue weighted by Crippen LogP contribution is -2.52. The summed E-state index contributed by atoms with van der Waals surface area (Å²) in [6.07, 6.45) is 2.54. The average molecular weight is 302 g/mol. The molecule has 3 N–H and O–H groups in total. The van der Waals surface area contributed by atoms with Crippen molar-refractivity contribution in [3.05, 3.63) is 36.2 Å². The zero-order valence-corrected chi connectivity index (χ0v) is 12.6. The van der Waals surface area contributed by atoms with E-state index in [9.17, 15) is 5.11 Å². The monoisotopic (exact) mass is 302 g/mol.